The van der Waals surface area contributed by atoms with Crippen molar-refractivity contribution in [3.8, 4) is 11.5 Å². The van der Waals surface area contributed by atoms with Crippen molar-refractivity contribution < 1.29 is 9.47 Å². The van der Waals surface area contributed by atoms with Crippen LogP contribution in [0.15, 0.2) is 72.8 Å². The molecule has 26 heavy (non-hydrogen) atoms. The first kappa shape index (κ1) is 18.4. The highest BCUT2D eigenvalue weighted by Gasteiger charge is 2.02. The number of rotatable bonds is 8. The molecule has 0 atom stereocenters. The number of benzene rings is 3. The Morgan fingerprint density at radius 2 is 1.46 bits per heavy atom. The largest absolute Gasteiger partial charge is 0.490 e. The Labute approximate surface area is 163 Å². The Balaban J connectivity index is 1.49. The maximum absolute atomic E-state index is 6.17. The Hall–Kier alpha value is -2.36. The molecule has 0 aliphatic heterocycles. The topological polar surface area (TPSA) is 30.5 Å². The van der Waals surface area contributed by atoms with Gasteiger partial charge in [-0.25, -0.2) is 0 Å². The highest BCUT2D eigenvalue weighted by Crippen LogP contribution is 2.26. The van der Waals surface area contributed by atoms with E-state index in [1.165, 1.54) is 0 Å². The molecule has 0 amide bonds. The van der Waals surface area contributed by atoms with Gasteiger partial charge in [0.1, 0.15) is 24.7 Å². The fourth-order valence-corrected chi connectivity index (χ4v) is 2.77. The summed E-state index contributed by atoms with van der Waals surface area (Å²) in [4.78, 5) is 0. The molecule has 0 unspecified atom stereocenters. The molecule has 134 valence electrons. The molecular formula is C21H19Cl2NO2. The van der Waals surface area contributed by atoms with Crippen LogP contribution in [0, 0.1) is 0 Å². The van der Waals surface area contributed by atoms with Crippen molar-refractivity contribution in [3.63, 3.8) is 0 Å². The molecule has 3 aromatic rings. The second-order valence-electron chi connectivity index (χ2n) is 5.64. The molecule has 0 aromatic heterocycles. The molecule has 3 aromatic carbocycles. The Morgan fingerprint density at radius 3 is 2.27 bits per heavy atom. The van der Waals surface area contributed by atoms with E-state index in [0.717, 1.165) is 22.7 Å². The van der Waals surface area contributed by atoms with Gasteiger partial charge in [-0.05, 0) is 48.0 Å². The second-order valence-corrected chi connectivity index (χ2v) is 6.48. The fourth-order valence-electron chi connectivity index (χ4n) is 2.41. The lowest BCUT2D eigenvalue weighted by Gasteiger charge is -2.11. The SMILES string of the molecule is Clc1ccc(Cl)c(NCc2cccc(OCCOc3ccccc3)c2)c1. The maximum atomic E-state index is 6.17. The maximum Gasteiger partial charge on any atom is 0.122 e. The van der Waals surface area contributed by atoms with Gasteiger partial charge in [0, 0.05) is 11.6 Å². The molecule has 0 spiro atoms. The van der Waals surface area contributed by atoms with Crippen molar-refractivity contribution in [1.29, 1.82) is 0 Å². The second kappa shape index (κ2) is 9.37. The number of hydrogen-bond donors (Lipinski definition) is 1. The molecule has 3 rings (SSSR count). The summed E-state index contributed by atoms with van der Waals surface area (Å²) >= 11 is 12.2. The highest BCUT2D eigenvalue weighted by molar-refractivity contribution is 6.35. The van der Waals surface area contributed by atoms with Gasteiger partial charge >= 0.3 is 0 Å². The molecule has 0 fully saturated rings. The van der Waals surface area contributed by atoms with E-state index in [1.807, 2.05) is 60.7 Å². The third kappa shape index (κ3) is 5.58. The van der Waals surface area contributed by atoms with Gasteiger partial charge in [-0.3, -0.25) is 0 Å². The normalized spacial score (nSPS) is 10.4. The molecule has 0 bridgehead atoms. The van der Waals surface area contributed by atoms with E-state index >= 15 is 0 Å². The summed E-state index contributed by atoms with van der Waals surface area (Å²) in [6.45, 7) is 1.59. The van der Waals surface area contributed by atoms with E-state index in [9.17, 15) is 0 Å². The van der Waals surface area contributed by atoms with Crippen LogP contribution in [0.4, 0.5) is 5.69 Å². The zero-order chi connectivity index (χ0) is 18.2. The summed E-state index contributed by atoms with van der Waals surface area (Å²) < 4.78 is 11.4. The molecule has 3 nitrogen and oxygen atoms in total. The van der Waals surface area contributed by atoms with Gasteiger partial charge in [0.15, 0.2) is 0 Å². The van der Waals surface area contributed by atoms with Crippen molar-refractivity contribution in [1.82, 2.24) is 0 Å². The lowest BCUT2D eigenvalue weighted by atomic mass is 10.2. The van der Waals surface area contributed by atoms with Crippen molar-refractivity contribution in [2.75, 3.05) is 18.5 Å². The van der Waals surface area contributed by atoms with Crippen LogP contribution in [0.2, 0.25) is 10.0 Å². The van der Waals surface area contributed by atoms with Crippen LogP contribution in [0.25, 0.3) is 0 Å². The number of nitrogens with one attached hydrogen (secondary N) is 1. The van der Waals surface area contributed by atoms with E-state index in [2.05, 4.69) is 5.32 Å². The molecule has 0 aliphatic carbocycles. The summed E-state index contributed by atoms with van der Waals surface area (Å²) in [5, 5.41) is 4.57. The van der Waals surface area contributed by atoms with Gasteiger partial charge in [0.05, 0.1) is 10.7 Å². The Morgan fingerprint density at radius 1 is 0.731 bits per heavy atom. The quantitative estimate of drug-likeness (QED) is 0.476. The van der Waals surface area contributed by atoms with Gasteiger partial charge in [-0.2, -0.15) is 0 Å². The first-order valence-corrected chi connectivity index (χ1v) is 9.05. The van der Waals surface area contributed by atoms with Crippen LogP contribution in [0.3, 0.4) is 0 Å². The van der Waals surface area contributed by atoms with Crippen LogP contribution in [0.1, 0.15) is 5.56 Å². The van der Waals surface area contributed by atoms with Crippen molar-refractivity contribution in [2.45, 2.75) is 6.54 Å². The van der Waals surface area contributed by atoms with E-state index in [-0.39, 0.29) is 0 Å². The van der Waals surface area contributed by atoms with Gasteiger partial charge < -0.3 is 14.8 Å². The average molecular weight is 388 g/mol. The standard InChI is InChI=1S/C21H19Cl2NO2/c22-17-9-10-20(23)21(14-17)24-15-16-5-4-8-19(13-16)26-12-11-25-18-6-2-1-3-7-18/h1-10,13-14,24H,11-12,15H2. The number of para-hydroxylation sites is 1. The number of ether oxygens (including phenoxy) is 2. The minimum atomic E-state index is 0.478. The molecule has 0 radical (unpaired) electrons. The summed E-state index contributed by atoms with van der Waals surface area (Å²) in [5.41, 5.74) is 1.89. The van der Waals surface area contributed by atoms with Crippen LogP contribution < -0.4 is 14.8 Å². The minimum Gasteiger partial charge on any atom is -0.490 e. The molecule has 5 heteroatoms. The molecule has 0 heterocycles. The van der Waals surface area contributed by atoms with E-state index in [4.69, 9.17) is 32.7 Å². The minimum absolute atomic E-state index is 0.478. The molecule has 0 aliphatic rings. The lowest BCUT2D eigenvalue weighted by Crippen LogP contribution is -2.09. The van der Waals surface area contributed by atoms with E-state index in [1.54, 1.807) is 12.1 Å². The highest BCUT2D eigenvalue weighted by atomic mass is 35.5. The summed E-state index contributed by atoms with van der Waals surface area (Å²) in [5.74, 6) is 1.64. The zero-order valence-corrected chi connectivity index (χ0v) is 15.6. The van der Waals surface area contributed by atoms with Gasteiger partial charge in [0.2, 0.25) is 0 Å². The van der Waals surface area contributed by atoms with Crippen molar-refractivity contribution in [2.24, 2.45) is 0 Å². The summed E-state index contributed by atoms with van der Waals surface area (Å²) in [7, 11) is 0. The Bertz CT molecular complexity index is 840. The number of hydrogen-bond acceptors (Lipinski definition) is 3. The third-order valence-electron chi connectivity index (χ3n) is 3.67. The first-order valence-electron chi connectivity index (χ1n) is 8.29. The predicted octanol–water partition coefficient (Wildman–Crippen LogP) is 6.06. The molecule has 0 saturated heterocycles. The number of halogens is 2. The monoisotopic (exact) mass is 387 g/mol. The van der Waals surface area contributed by atoms with E-state index in [0.29, 0.717) is 29.8 Å². The van der Waals surface area contributed by atoms with Crippen LogP contribution in [-0.4, -0.2) is 13.2 Å². The lowest BCUT2D eigenvalue weighted by molar-refractivity contribution is 0.217. The molecule has 0 saturated carbocycles. The third-order valence-corrected chi connectivity index (χ3v) is 4.24. The molecule has 1 N–H and O–H groups in total. The number of anilines is 1. The Kier molecular flexibility index (Phi) is 6.64. The van der Waals surface area contributed by atoms with Gasteiger partial charge in [0.25, 0.3) is 0 Å². The summed E-state index contributed by atoms with van der Waals surface area (Å²) in [6.07, 6.45) is 0. The van der Waals surface area contributed by atoms with E-state index < -0.39 is 0 Å². The van der Waals surface area contributed by atoms with Gasteiger partial charge in [-0.1, -0.05) is 53.5 Å². The first-order chi connectivity index (χ1) is 12.7. The predicted molar refractivity (Wildman–Crippen MR) is 108 cm³/mol. The smallest absolute Gasteiger partial charge is 0.122 e. The van der Waals surface area contributed by atoms with Crippen LogP contribution in [0.5, 0.6) is 11.5 Å². The van der Waals surface area contributed by atoms with Crippen LogP contribution >= 0.6 is 23.2 Å². The average Bonchev–Trinajstić information content (AvgIpc) is 2.67. The van der Waals surface area contributed by atoms with Gasteiger partial charge in [-0.15, -0.1) is 0 Å². The summed E-state index contributed by atoms with van der Waals surface area (Å²) in [6, 6.07) is 23.0. The van der Waals surface area contributed by atoms with Crippen molar-refractivity contribution >= 4 is 28.9 Å². The fraction of sp³-hybridized carbons (Fsp3) is 0.143. The zero-order valence-electron chi connectivity index (χ0n) is 14.1. The van der Waals surface area contributed by atoms with Crippen LogP contribution in [-0.2, 0) is 6.54 Å². The molecular weight excluding hydrogens is 369 g/mol. The van der Waals surface area contributed by atoms with Crippen molar-refractivity contribution in [3.05, 3.63) is 88.4 Å².